The molecule has 0 saturated heterocycles. The Kier molecular flexibility index (Phi) is 4.53. The Labute approximate surface area is 110 Å². The lowest BCUT2D eigenvalue weighted by atomic mass is 10.1. The van der Waals surface area contributed by atoms with E-state index in [1.807, 2.05) is 0 Å². The van der Waals surface area contributed by atoms with Gasteiger partial charge in [0.05, 0.1) is 17.2 Å². The summed E-state index contributed by atoms with van der Waals surface area (Å²) < 4.78 is 42.9. The van der Waals surface area contributed by atoms with Crippen LogP contribution in [0.2, 0.25) is 0 Å². The number of primary amides is 1. The van der Waals surface area contributed by atoms with Gasteiger partial charge in [0.2, 0.25) is 0 Å². The maximum absolute atomic E-state index is 12.7. The number of benzene rings is 1. The maximum atomic E-state index is 12.7. The van der Waals surface area contributed by atoms with Gasteiger partial charge in [-0.05, 0) is 18.2 Å². The average Bonchev–Trinajstić information content (AvgIpc) is 2.34. The lowest BCUT2D eigenvalue weighted by molar-refractivity contribution is -0.139. The lowest BCUT2D eigenvalue weighted by Crippen LogP contribution is -2.38. The SMILES string of the molecule is N#Cc1ccc(OCC(=O)NC(N)=O)c(C(F)(F)F)c1. The fourth-order valence-corrected chi connectivity index (χ4v) is 1.26. The first-order chi connectivity index (χ1) is 9.24. The van der Waals surface area contributed by atoms with Gasteiger partial charge in [-0.25, -0.2) is 4.79 Å². The second kappa shape index (κ2) is 5.92. The second-order valence-electron chi connectivity index (χ2n) is 3.52. The molecule has 6 nitrogen and oxygen atoms in total. The lowest BCUT2D eigenvalue weighted by Gasteiger charge is -2.13. The number of nitrogens with two attached hydrogens (primary N) is 1. The molecule has 3 N–H and O–H groups in total. The number of nitrogens with zero attached hydrogens (tertiary/aromatic N) is 1. The molecule has 1 rings (SSSR count). The summed E-state index contributed by atoms with van der Waals surface area (Å²) in [4.78, 5) is 21.4. The Balaban J connectivity index is 2.93. The topological polar surface area (TPSA) is 105 Å². The van der Waals surface area contributed by atoms with Gasteiger partial charge in [-0.3, -0.25) is 10.1 Å². The number of urea groups is 1. The van der Waals surface area contributed by atoms with Crippen LogP contribution in [-0.2, 0) is 11.0 Å². The molecule has 0 fully saturated rings. The minimum Gasteiger partial charge on any atom is -0.483 e. The van der Waals surface area contributed by atoms with E-state index in [9.17, 15) is 22.8 Å². The fourth-order valence-electron chi connectivity index (χ4n) is 1.26. The predicted octanol–water partition coefficient (Wildman–Crippen LogP) is 1.15. The summed E-state index contributed by atoms with van der Waals surface area (Å²) in [5, 5.41) is 10.2. The van der Waals surface area contributed by atoms with Crippen LogP contribution in [0.25, 0.3) is 0 Å². The van der Waals surface area contributed by atoms with E-state index in [0.29, 0.717) is 6.07 Å². The number of carbonyl (C=O) groups is 2. The van der Waals surface area contributed by atoms with Crippen molar-refractivity contribution in [2.75, 3.05) is 6.61 Å². The zero-order valence-corrected chi connectivity index (χ0v) is 9.82. The molecular weight excluding hydrogens is 279 g/mol. The quantitative estimate of drug-likeness (QED) is 0.869. The molecule has 20 heavy (non-hydrogen) atoms. The number of hydrogen-bond donors (Lipinski definition) is 2. The van der Waals surface area contributed by atoms with Crippen molar-refractivity contribution in [3.05, 3.63) is 29.3 Å². The van der Waals surface area contributed by atoms with Crippen LogP contribution in [0, 0.1) is 11.3 Å². The highest BCUT2D eigenvalue weighted by atomic mass is 19.4. The van der Waals surface area contributed by atoms with E-state index >= 15 is 0 Å². The van der Waals surface area contributed by atoms with E-state index in [1.54, 1.807) is 11.4 Å². The van der Waals surface area contributed by atoms with Crippen LogP contribution in [0.1, 0.15) is 11.1 Å². The second-order valence-corrected chi connectivity index (χ2v) is 3.52. The van der Waals surface area contributed by atoms with Crippen molar-refractivity contribution < 1.29 is 27.5 Å². The third-order valence-electron chi connectivity index (χ3n) is 2.04. The molecule has 0 bridgehead atoms. The highest BCUT2D eigenvalue weighted by Crippen LogP contribution is 2.36. The Bertz CT molecular complexity index is 579. The number of rotatable bonds is 3. The van der Waals surface area contributed by atoms with Crippen LogP contribution in [-0.4, -0.2) is 18.5 Å². The largest absolute Gasteiger partial charge is 0.483 e. The van der Waals surface area contributed by atoms with Crippen molar-refractivity contribution in [1.82, 2.24) is 5.32 Å². The van der Waals surface area contributed by atoms with E-state index in [-0.39, 0.29) is 5.56 Å². The summed E-state index contributed by atoms with van der Waals surface area (Å²) in [5.74, 6) is -1.62. The molecule has 0 spiro atoms. The highest BCUT2D eigenvalue weighted by Gasteiger charge is 2.34. The van der Waals surface area contributed by atoms with Crippen molar-refractivity contribution in [2.24, 2.45) is 5.73 Å². The van der Waals surface area contributed by atoms with Crippen LogP contribution in [0.5, 0.6) is 5.75 Å². The number of nitrogens with one attached hydrogen (secondary N) is 1. The van der Waals surface area contributed by atoms with Gasteiger partial charge in [0.1, 0.15) is 5.75 Å². The Morgan fingerprint density at radius 2 is 2.05 bits per heavy atom. The molecular formula is C11H8F3N3O3. The van der Waals surface area contributed by atoms with Crippen LogP contribution >= 0.6 is 0 Å². The molecule has 0 aliphatic heterocycles. The summed E-state index contributed by atoms with van der Waals surface area (Å²) in [6.07, 6.45) is -4.75. The first-order valence-electron chi connectivity index (χ1n) is 5.07. The van der Waals surface area contributed by atoms with Crippen LogP contribution in [0.4, 0.5) is 18.0 Å². The van der Waals surface area contributed by atoms with E-state index in [1.165, 1.54) is 0 Å². The van der Waals surface area contributed by atoms with Crippen LogP contribution < -0.4 is 15.8 Å². The van der Waals surface area contributed by atoms with Gasteiger partial charge in [-0.15, -0.1) is 0 Å². The third-order valence-corrected chi connectivity index (χ3v) is 2.04. The first-order valence-corrected chi connectivity index (χ1v) is 5.07. The van der Waals surface area contributed by atoms with Gasteiger partial charge >= 0.3 is 12.2 Å². The van der Waals surface area contributed by atoms with Gasteiger partial charge < -0.3 is 10.5 Å². The molecule has 9 heteroatoms. The van der Waals surface area contributed by atoms with E-state index in [2.05, 4.69) is 10.5 Å². The van der Waals surface area contributed by atoms with Crippen LogP contribution in [0.15, 0.2) is 18.2 Å². The average molecular weight is 287 g/mol. The Morgan fingerprint density at radius 3 is 2.55 bits per heavy atom. The summed E-state index contributed by atoms with van der Waals surface area (Å²) in [5.41, 5.74) is 3.26. The fraction of sp³-hybridized carbons (Fsp3) is 0.182. The summed E-state index contributed by atoms with van der Waals surface area (Å²) >= 11 is 0. The van der Waals surface area contributed by atoms with Crippen LogP contribution in [0.3, 0.4) is 0 Å². The number of halogens is 3. The molecule has 0 aliphatic rings. The van der Waals surface area contributed by atoms with Crippen molar-refractivity contribution in [3.63, 3.8) is 0 Å². The van der Waals surface area contributed by atoms with E-state index in [4.69, 9.17) is 5.26 Å². The smallest absolute Gasteiger partial charge is 0.420 e. The Morgan fingerprint density at radius 1 is 1.40 bits per heavy atom. The number of ether oxygens (including phenoxy) is 1. The third kappa shape index (κ3) is 4.16. The normalized spacial score (nSPS) is 10.5. The molecule has 0 unspecified atom stereocenters. The summed E-state index contributed by atoms with van der Waals surface area (Å²) in [6.45, 7) is -0.822. The minimum absolute atomic E-state index is 0.203. The molecule has 0 aromatic heterocycles. The number of imide groups is 1. The number of alkyl halides is 3. The molecule has 1 aromatic carbocycles. The van der Waals surface area contributed by atoms with Crippen molar-refractivity contribution >= 4 is 11.9 Å². The zero-order chi connectivity index (χ0) is 15.3. The molecule has 0 saturated carbocycles. The van der Waals surface area contributed by atoms with Gasteiger partial charge in [0, 0.05) is 0 Å². The summed E-state index contributed by atoms with van der Waals surface area (Å²) in [7, 11) is 0. The minimum atomic E-state index is -4.75. The standard InChI is InChI=1S/C11H8F3N3O3/c12-11(13,14)7-3-6(4-15)1-2-8(7)20-5-9(18)17-10(16)19/h1-3H,5H2,(H3,16,17,18,19). The predicted molar refractivity (Wildman–Crippen MR) is 59.4 cm³/mol. The molecule has 0 atom stereocenters. The number of hydrogen-bond acceptors (Lipinski definition) is 4. The zero-order valence-electron chi connectivity index (χ0n) is 9.82. The van der Waals surface area contributed by atoms with E-state index < -0.39 is 36.0 Å². The molecule has 3 amide bonds. The monoisotopic (exact) mass is 287 g/mol. The maximum Gasteiger partial charge on any atom is 0.420 e. The molecule has 0 heterocycles. The van der Waals surface area contributed by atoms with Crippen molar-refractivity contribution in [2.45, 2.75) is 6.18 Å². The number of carbonyl (C=O) groups excluding carboxylic acids is 2. The first kappa shape index (κ1) is 15.3. The van der Waals surface area contributed by atoms with Gasteiger partial charge in [-0.2, -0.15) is 18.4 Å². The molecule has 0 radical (unpaired) electrons. The van der Waals surface area contributed by atoms with Gasteiger partial charge in [-0.1, -0.05) is 0 Å². The Hall–Kier alpha value is -2.76. The van der Waals surface area contributed by atoms with E-state index in [0.717, 1.165) is 12.1 Å². The van der Waals surface area contributed by atoms with Gasteiger partial charge in [0.25, 0.3) is 5.91 Å². The molecule has 106 valence electrons. The number of amides is 3. The number of nitriles is 1. The molecule has 0 aliphatic carbocycles. The van der Waals surface area contributed by atoms with Crippen molar-refractivity contribution in [3.8, 4) is 11.8 Å². The summed E-state index contributed by atoms with van der Waals surface area (Å²) in [6, 6.07) is 3.04. The highest BCUT2D eigenvalue weighted by molar-refractivity contribution is 5.94. The molecule has 1 aromatic rings. The van der Waals surface area contributed by atoms with Crippen molar-refractivity contribution in [1.29, 1.82) is 5.26 Å². The van der Waals surface area contributed by atoms with Gasteiger partial charge in [0.15, 0.2) is 6.61 Å².